The van der Waals surface area contributed by atoms with Gasteiger partial charge in [0.2, 0.25) is 0 Å². The first-order valence-electron chi connectivity index (χ1n) is 3.87. The van der Waals surface area contributed by atoms with Crippen LogP contribution in [-0.4, -0.2) is 19.8 Å². The van der Waals surface area contributed by atoms with Gasteiger partial charge in [-0.05, 0) is 6.42 Å². The van der Waals surface area contributed by atoms with E-state index in [4.69, 9.17) is 5.11 Å². The monoisotopic (exact) mass is 158 g/mol. The van der Waals surface area contributed by atoms with Gasteiger partial charge in [-0.1, -0.05) is 25.6 Å². The SMILES string of the molecule is C=C[Si](C)(C)CCCCO. The van der Waals surface area contributed by atoms with E-state index in [1.807, 2.05) is 0 Å². The highest BCUT2D eigenvalue weighted by Crippen LogP contribution is 2.13. The van der Waals surface area contributed by atoms with Crippen LogP contribution in [0.3, 0.4) is 0 Å². The summed E-state index contributed by atoms with van der Waals surface area (Å²) in [4.78, 5) is 0. The molecule has 0 aliphatic carbocycles. The molecular weight excluding hydrogens is 140 g/mol. The van der Waals surface area contributed by atoms with Gasteiger partial charge in [0.15, 0.2) is 0 Å². The smallest absolute Gasteiger partial charge is 0.0709 e. The lowest BCUT2D eigenvalue weighted by Crippen LogP contribution is -2.21. The molecule has 0 heterocycles. The average Bonchev–Trinajstić information content (AvgIpc) is 1.89. The van der Waals surface area contributed by atoms with Crippen molar-refractivity contribution in [3.8, 4) is 0 Å². The third kappa shape index (κ3) is 4.76. The van der Waals surface area contributed by atoms with Gasteiger partial charge in [-0.2, -0.15) is 0 Å². The van der Waals surface area contributed by atoms with Crippen molar-refractivity contribution in [1.82, 2.24) is 0 Å². The van der Waals surface area contributed by atoms with Crippen molar-refractivity contribution in [1.29, 1.82) is 0 Å². The standard InChI is InChI=1S/C8H18OSi/c1-4-10(2,3)8-6-5-7-9/h4,9H,1,5-8H2,2-3H3. The number of hydrogen-bond donors (Lipinski definition) is 1. The van der Waals surface area contributed by atoms with Crippen LogP contribution in [0.4, 0.5) is 0 Å². The fraction of sp³-hybridized carbons (Fsp3) is 0.750. The minimum absolute atomic E-state index is 0.335. The minimum atomic E-state index is -1.06. The van der Waals surface area contributed by atoms with Crippen molar-refractivity contribution < 1.29 is 5.11 Å². The first kappa shape index (κ1) is 9.92. The molecule has 0 saturated carbocycles. The molecule has 0 aromatic carbocycles. The summed E-state index contributed by atoms with van der Waals surface area (Å²) in [6, 6.07) is 1.26. The lowest BCUT2D eigenvalue weighted by atomic mass is 10.4. The van der Waals surface area contributed by atoms with E-state index in [2.05, 4.69) is 25.4 Å². The van der Waals surface area contributed by atoms with Gasteiger partial charge in [0.1, 0.15) is 0 Å². The highest BCUT2D eigenvalue weighted by Gasteiger charge is 2.13. The maximum Gasteiger partial charge on any atom is 0.0709 e. The van der Waals surface area contributed by atoms with Crippen molar-refractivity contribution in [3.63, 3.8) is 0 Å². The molecule has 0 amide bonds. The van der Waals surface area contributed by atoms with E-state index in [1.165, 1.54) is 6.04 Å². The molecule has 60 valence electrons. The number of rotatable bonds is 5. The lowest BCUT2D eigenvalue weighted by molar-refractivity contribution is 0.287. The Morgan fingerprint density at radius 2 is 2.00 bits per heavy atom. The molecule has 0 unspecified atom stereocenters. The number of unbranched alkanes of at least 4 members (excludes halogenated alkanes) is 1. The highest BCUT2D eigenvalue weighted by molar-refractivity contribution is 6.82. The second-order valence-corrected chi connectivity index (χ2v) is 8.26. The van der Waals surface area contributed by atoms with Gasteiger partial charge in [-0.3, -0.25) is 0 Å². The molecule has 2 heteroatoms. The van der Waals surface area contributed by atoms with E-state index in [-0.39, 0.29) is 0 Å². The van der Waals surface area contributed by atoms with Gasteiger partial charge in [0.25, 0.3) is 0 Å². The molecule has 0 spiro atoms. The maximum atomic E-state index is 8.53. The molecule has 0 aliphatic rings. The van der Waals surface area contributed by atoms with Crippen molar-refractivity contribution in [3.05, 3.63) is 12.3 Å². The van der Waals surface area contributed by atoms with Crippen LogP contribution >= 0.6 is 0 Å². The fourth-order valence-corrected chi connectivity index (χ4v) is 2.16. The van der Waals surface area contributed by atoms with Crippen LogP contribution in [0.25, 0.3) is 0 Å². The quantitative estimate of drug-likeness (QED) is 0.480. The molecule has 0 saturated heterocycles. The number of aliphatic hydroxyl groups is 1. The largest absolute Gasteiger partial charge is 0.396 e. The molecule has 0 rings (SSSR count). The summed E-state index contributed by atoms with van der Waals surface area (Å²) < 4.78 is 0. The molecule has 0 radical (unpaired) electrons. The molecule has 1 N–H and O–H groups in total. The molecule has 0 atom stereocenters. The van der Waals surface area contributed by atoms with E-state index in [9.17, 15) is 0 Å². The molecule has 10 heavy (non-hydrogen) atoms. The van der Waals surface area contributed by atoms with Crippen molar-refractivity contribution >= 4 is 8.07 Å². The fourth-order valence-electron chi connectivity index (χ4n) is 0.794. The van der Waals surface area contributed by atoms with Crippen LogP contribution in [0.1, 0.15) is 12.8 Å². The van der Waals surface area contributed by atoms with Crippen LogP contribution in [-0.2, 0) is 0 Å². The van der Waals surface area contributed by atoms with Crippen LogP contribution in [0.2, 0.25) is 19.1 Å². The van der Waals surface area contributed by atoms with Crippen LogP contribution < -0.4 is 0 Å². The van der Waals surface area contributed by atoms with E-state index >= 15 is 0 Å². The predicted octanol–water partition coefficient (Wildman–Crippen LogP) is 2.19. The van der Waals surface area contributed by atoms with Gasteiger partial charge in [0, 0.05) is 6.61 Å². The third-order valence-corrected chi connectivity index (χ3v) is 4.53. The number of aliphatic hydroxyl groups excluding tert-OH is 1. The van der Waals surface area contributed by atoms with Crippen LogP contribution in [0, 0.1) is 0 Å². The first-order chi connectivity index (χ1) is 4.62. The summed E-state index contributed by atoms with van der Waals surface area (Å²) in [5, 5.41) is 8.53. The Morgan fingerprint density at radius 1 is 1.40 bits per heavy atom. The topological polar surface area (TPSA) is 20.2 Å². The van der Waals surface area contributed by atoms with Gasteiger partial charge in [-0.25, -0.2) is 0 Å². The van der Waals surface area contributed by atoms with Gasteiger partial charge >= 0.3 is 0 Å². The van der Waals surface area contributed by atoms with Crippen LogP contribution in [0.5, 0.6) is 0 Å². The van der Waals surface area contributed by atoms with Crippen LogP contribution in [0.15, 0.2) is 12.3 Å². The first-order valence-corrected chi connectivity index (χ1v) is 7.15. The lowest BCUT2D eigenvalue weighted by Gasteiger charge is -2.15. The molecule has 0 bridgehead atoms. The summed E-state index contributed by atoms with van der Waals surface area (Å²) in [6.07, 6.45) is 2.10. The zero-order valence-electron chi connectivity index (χ0n) is 7.06. The summed E-state index contributed by atoms with van der Waals surface area (Å²) >= 11 is 0. The number of hydrogen-bond acceptors (Lipinski definition) is 1. The predicted molar refractivity (Wildman–Crippen MR) is 48.8 cm³/mol. The molecule has 0 aromatic heterocycles. The third-order valence-electron chi connectivity index (χ3n) is 1.78. The zero-order valence-corrected chi connectivity index (χ0v) is 8.06. The molecule has 0 aromatic rings. The maximum absolute atomic E-state index is 8.53. The molecule has 1 nitrogen and oxygen atoms in total. The Balaban J connectivity index is 3.37. The van der Waals surface area contributed by atoms with Gasteiger partial charge in [-0.15, -0.1) is 12.3 Å². The molecular formula is C8H18OSi. The summed E-state index contributed by atoms with van der Waals surface area (Å²) in [5.41, 5.74) is 2.12. The Bertz CT molecular complexity index is 99.4. The second kappa shape index (κ2) is 4.69. The Labute approximate surface area is 64.8 Å². The van der Waals surface area contributed by atoms with Gasteiger partial charge in [0.05, 0.1) is 8.07 Å². The van der Waals surface area contributed by atoms with E-state index in [1.54, 1.807) is 0 Å². The Hall–Kier alpha value is -0.0831. The zero-order chi connectivity index (χ0) is 8.04. The molecule has 0 aliphatic heterocycles. The summed E-state index contributed by atoms with van der Waals surface area (Å²) in [6.45, 7) is 8.75. The normalized spacial score (nSPS) is 11.5. The molecule has 0 fully saturated rings. The highest BCUT2D eigenvalue weighted by atomic mass is 28.3. The summed E-state index contributed by atoms with van der Waals surface area (Å²) in [7, 11) is -1.06. The van der Waals surface area contributed by atoms with E-state index in [0.717, 1.165) is 12.8 Å². The minimum Gasteiger partial charge on any atom is -0.396 e. The summed E-state index contributed by atoms with van der Waals surface area (Å²) in [5.74, 6) is 0. The van der Waals surface area contributed by atoms with Crippen molar-refractivity contribution in [2.45, 2.75) is 32.0 Å². The van der Waals surface area contributed by atoms with Crippen molar-refractivity contribution in [2.75, 3.05) is 6.61 Å². The second-order valence-electron chi connectivity index (χ2n) is 3.37. The Kier molecular flexibility index (Phi) is 4.65. The van der Waals surface area contributed by atoms with Crippen molar-refractivity contribution in [2.24, 2.45) is 0 Å². The Morgan fingerprint density at radius 3 is 2.40 bits per heavy atom. The van der Waals surface area contributed by atoms with E-state index in [0.29, 0.717) is 6.61 Å². The van der Waals surface area contributed by atoms with Gasteiger partial charge < -0.3 is 5.11 Å². The average molecular weight is 158 g/mol. The van der Waals surface area contributed by atoms with E-state index < -0.39 is 8.07 Å².